The van der Waals surface area contributed by atoms with Crippen LogP contribution in [0.2, 0.25) is 0 Å². The maximum absolute atomic E-state index is 13.1. The summed E-state index contributed by atoms with van der Waals surface area (Å²) in [6, 6.07) is 22.9. The molecule has 5 rings (SSSR count). The van der Waals surface area contributed by atoms with Crippen molar-refractivity contribution in [3.05, 3.63) is 113 Å². The van der Waals surface area contributed by atoms with Crippen LogP contribution in [0, 0.1) is 0 Å². The molecule has 9 nitrogen and oxygen atoms in total. The first-order valence-electron chi connectivity index (χ1n) is 14.9. The molecule has 0 radical (unpaired) electrons. The minimum atomic E-state index is -1.16. The normalized spacial score (nSPS) is 12.6. The summed E-state index contributed by atoms with van der Waals surface area (Å²) < 4.78 is 0. The molecular formula is C36H35N5O4S. The Labute approximate surface area is 271 Å². The molecule has 234 valence electrons. The predicted octanol–water partition coefficient (Wildman–Crippen LogP) is 6.16. The monoisotopic (exact) mass is 633 g/mol. The summed E-state index contributed by atoms with van der Waals surface area (Å²) in [5.41, 5.74) is 5.12. The molecule has 0 fully saturated rings. The number of carboxylic acids is 1. The van der Waals surface area contributed by atoms with E-state index in [0.29, 0.717) is 10.7 Å². The molecule has 3 heterocycles. The number of hydrogen-bond acceptors (Lipinski definition) is 7. The van der Waals surface area contributed by atoms with Gasteiger partial charge in [0.2, 0.25) is 5.91 Å². The number of nitrogens with zero attached hydrogens (tertiary/aromatic N) is 3. The van der Waals surface area contributed by atoms with Gasteiger partial charge in [0.25, 0.3) is 5.91 Å². The molecule has 0 saturated heterocycles. The van der Waals surface area contributed by atoms with Crippen LogP contribution in [-0.2, 0) is 21.4 Å². The molecule has 10 heteroatoms. The molecule has 0 unspecified atom stereocenters. The second kappa shape index (κ2) is 13.8. The fraction of sp³-hybridized carbons (Fsp3) is 0.222. The first kappa shape index (κ1) is 32.2. The van der Waals surface area contributed by atoms with Crippen LogP contribution in [0.25, 0.3) is 33.8 Å². The van der Waals surface area contributed by atoms with Crippen LogP contribution < -0.4 is 10.6 Å². The smallest absolute Gasteiger partial charge is 0.325 e. The maximum Gasteiger partial charge on any atom is 0.325 e. The zero-order chi connectivity index (χ0) is 32.8. The number of benzene rings is 2. The van der Waals surface area contributed by atoms with E-state index in [9.17, 15) is 19.5 Å². The van der Waals surface area contributed by atoms with E-state index in [2.05, 4.69) is 46.4 Å². The van der Waals surface area contributed by atoms with Gasteiger partial charge in [-0.1, -0.05) is 81.4 Å². The van der Waals surface area contributed by atoms with Crippen molar-refractivity contribution >= 4 is 29.1 Å². The van der Waals surface area contributed by atoms with Crippen LogP contribution >= 0.6 is 11.3 Å². The molecule has 3 aromatic heterocycles. The third kappa shape index (κ3) is 7.89. The molecule has 0 spiro atoms. The third-order valence-electron chi connectivity index (χ3n) is 7.39. The SMILES string of the molecule is C[C@@H](NC(=O)[C@H](Cc1ccc(-c2ncc(-c3ccc(-c4ccccc4)nc3)cn2)cc1)NC(=O)c1ccc(C(C)(C)C)s1)C(=O)O. The summed E-state index contributed by atoms with van der Waals surface area (Å²) in [4.78, 5) is 52.8. The molecule has 2 aromatic carbocycles. The van der Waals surface area contributed by atoms with Gasteiger partial charge in [-0.25, -0.2) is 9.97 Å². The Balaban J connectivity index is 1.28. The van der Waals surface area contributed by atoms with Gasteiger partial charge < -0.3 is 15.7 Å². The Kier molecular flexibility index (Phi) is 9.67. The fourth-order valence-corrected chi connectivity index (χ4v) is 5.64. The number of rotatable bonds is 10. The quantitative estimate of drug-likeness (QED) is 0.168. The lowest BCUT2D eigenvalue weighted by molar-refractivity contribution is -0.141. The Morgan fingerprint density at radius 3 is 2.00 bits per heavy atom. The first-order chi connectivity index (χ1) is 22.0. The van der Waals surface area contributed by atoms with E-state index in [1.165, 1.54) is 18.3 Å². The van der Waals surface area contributed by atoms with E-state index < -0.39 is 29.9 Å². The van der Waals surface area contributed by atoms with Gasteiger partial charge in [0.1, 0.15) is 12.1 Å². The average Bonchev–Trinajstić information content (AvgIpc) is 3.57. The molecule has 5 aromatic rings. The molecule has 46 heavy (non-hydrogen) atoms. The second-order valence-corrected chi connectivity index (χ2v) is 13.1. The summed E-state index contributed by atoms with van der Waals surface area (Å²) in [5, 5.41) is 14.6. The minimum Gasteiger partial charge on any atom is -0.480 e. The Hall–Kier alpha value is -5.22. The highest BCUT2D eigenvalue weighted by Crippen LogP contribution is 2.29. The van der Waals surface area contributed by atoms with Gasteiger partial charge in [-0.05, 0) is 36.1 Å². The van der Waals surface area contributed by atoms with Crippen molar-refractivity contribution < 1.29 is 19.5 Å². The number of carbonyl (C=O) groups excluding carboxylic acids is 2. The molecular weight excluding hydrogens is 598 g/mol. The Bertz CT molecular complexity index is 1810. The molecule has 2 amide bonds. The van der Waals surface area contributed by atoms with Crippen LogP contribution in [0.5, 0.6) is 0 Å². The number of amides is 2. The van der Waals surface area contributed by atoms with E-state index in [1.807, 2.05) is 72.8 Å². The van der Waals surface area contributed by atoms with Crippen molar-refractivity contribution in [2.75, 3.05) is 0 Å². The summed E-state index contributed by atoms with van der Waals surface area (Å²) in [5.74, 6) is -1.60. The third-order valence-corrected chi connectivity index (χ3v) is 8.90. The average molecular weight is 634 g/mol. The number of pyridine rings is 1. The lowest BCUT2D eigenvalue weighted by Crippen LogP contribution is -2.51. The van der Waals surface area contributed by atoms with Crippen LogP contribution in [0.4, 0.5) is 0 Å². The van der Waals surface area contributed by atoms with E-state index >= 15 is 0 Å². The van der Waals surface area contributed by atoms with Gasteiger partial charge in [0.05, 0.1) is 10.6 Å². The standard InChI is InChI=1S/C36H35N5O4S/c1-22(35(44)45)40-33(42)29(41-34(43)30-16-17-31(46-30)36(2,3)4)18-23-10-12-25(13-11-23)32-38-20-27(21-39-32)26-14-15-28(37-19-26)24-8-6-5-7-9-24/h5-17,19-22,29H,18H2,1-4H3,(H,40,42)(H,41,43)(H,44,45)/t22-,29+/m1/s1. The molecule has 0 saturated carbocycles. The van der Waals surface area contributed by atoms with E-state index in [0.717, 1.165) is 38.4 Å². The molecule has 0 bridgehead atoms. The predicted molar refractivity (Wildman–Crippen MR) is 179 cm³/mol. The van der Waals surface area contributed by atoms with E-state index in [4.69, 9.17) is 0 Å². The number of hydrogen-bond donors (Lipinski definition) is 3. The Morgan fingerprint density at radius 2 is 1.41 bits per heavy atom. The molecule has 3 N–H and O–H groups in total. The number of carboxylic acid groups (broad SMARTS) is 1. The fourth-order valence-electron chi connectivity index (χ4n) is 4.67. The number of thiophene rings is 1. The van der Waals surface area contributed by atoms with E-state index in [1.54, 1.807) is 24.7 Å². The van der Waals surface area contributed by atoms with Crippen LogP contribution in [-0.4, -0.2) is 49.9 Å². The number of nitrogens with one attached hydrogen (secondary N) is 2. The van der Waals surface area contributed by atoms with E-state index in [-0.39, 0.29) is 11.8 Å². The zero-order valence-corrected chi connectivity index (χ0v) is 26.8. The first-order valence-corrected chi connectivity index (χ1v) is 15.7. The highest BCUT2D eigenvalue weighted by molar-refractivity contribution is 7.14. The van der Waals surface area contributed by atoms with Crippen LogP contribution in [0.1, 0.15) is 47.8 Å². The molecule has 0 aliphatic heterocycles. The number of aromatic nitrogens is 3. The topological polar surface area (TPSA) is 134 Å². The van der Waals surface area contributed by atoms with Crippen molar-refractivity contribution in [1.29, 1.82) is 0 Å². The highest BCUT2D eigenvalue weighted by atomic mass is 32.1. The molecule has 0 aliphatic rings. The maximum atomic E-state index is 13.1. The second-order valence-electron chi connectivity index (χ2n) is 12.0. The summed E-state index contributed by atoms with van der Waals surface area (Å²) in [6.07, 6.45) is 5.47. The van der Waals surface area contributed by atoms with Crippen molar-refractivity contribution in [2.24, 2.45) is 0 Å². The summed E-state index contributed by atoms with van der Waals surface area (Å²) in [7, 11) is 0. The van der Waals surface area contributed by atoms with Gasteiger partial charge in [0, 0.05) is 52.1 Å². The van der Waals surface area contributed by atoms with Crippen LogP contribution in [0.15, 0.2) is 97.5 Å². The van der Waals surface area contributed by atoms with Crippen molar-refractivity contribution in [3.8, 4) is 33.8 Å². The zero-order valence-electron chi connectivity index (χ0n) is 26.0. The van der Waals surface area contributed by atoms with Crippen molar-refractivity contribution in [3.63, 3.8) is 0 Å². The minimum absolute atomic E-state index is 0.117. The lowest BCUT2D eigenvalue weighted by atomic mass is 9.95. The van der Waals surface area contributed by atoms with Gasteiger partial charge in [-0.2, -0.15) is 0 Å². The summed E-state index contributed by atoms with van der Waals surface area (Å²) >= 11 is 1.37. The molecule has 0 aliphatic carbocycles. The van der Waals surface area contributed by atoms with Gasteiger partial charge >= 0.3 is 5.97 Å². The largest absolute Gasteiger partial charge is 0.480 e. The van der Waals surface area contributed by atoms with Crippen LogP contribution in [0.3, 0.4) is 0 Å². The highest BCUT2D eigenvalue weighted by Gasteiger charge is 2.26. The Morgan fingerprint density at radius 1 is 0.761 bits per heavy atom. The van der Waals surface area contributed by atoms with Crippen molar-refractivity contribution in [2.45, 2.75) is 51.6 Å². The van der Waals surface area contributed by atoms with Crippen molar-refractivity contribution in [1.82, 2.24) is 25.6 Å². The van der Waals surface area contributed by atoms with Gasteiger partial charge in [-0.3, -0.25) is 19.4 Å². The van der Waals surface area contributed by atoms with Gasteiger partial charge in [-0.15, -0.1) is 11.3 Å². The number of aliphatic carboxylic acids is 1. The number of carbonyl (C=O) groups is 3. The molecule has 2 atom stereocenters. The lowest BCUT2D eigenvalue weighted by Gasteiger charge is -2.20. The summed E-state index contributed by atoms with van der Waals surface area (Å²) in [6.45, 7) is 7.57. The van der Waals surface area contributed by atoms with Gasteiger partial charge in [0.15, 0.2) is 5.82 Å².